The average molecular weight is 282 g/mol. The third-order valence-corrected chi connectivity index (χ3v) is 4.33. The summed E-state index contributed by atoms with van der Waals surface area (Å²) in [6.45, 7) is 2.92. The van der Waals surface area contributed by atoms with Gasteiger partial charge < -0.3 is 10.5 Å². The molecule has 0 radical (unpaired) electrons. The van der Waals surface area contributed by atoms with Crippen molar-refractivity contribution in [3.8, 4) is 5.75 Å². The molecule has 0 spiro atoms. The fourth-order valence-electron chi connectivity index (χ4n) is 2.86. The van der Waals surface area contributed by atoms with Gasteiger partial charge in [-0.15, -0.1) is 0 Å². The van der Waals surface area contributed by atoms with Crippen molar-refractivity contribution in [2.75, 3.05) is 6.54 Å². The van der Waals surface area contributed by atoms with Crippen LogP contribution in [0.5, 0.6) is 5.75 Å². The zero-order valence-electron chi connectivity index (χ0n) is 11.7. The van der Waals surface area contributed by atoms with Crippen LogP contribution in [0.3, 0.4) is 0 Å². The van der Waals surface area contributed by atoms with Crippen molar-refractivity contribution in [2.45, 2.75) is 51.6 Å². The molecule has 1 aromatic rings. The summed E-state index contributed by atoms with van der Waals surface area (Å²) in [7, 11) is 0. The molecule has 2 N–H and O–H groups in total. The van der Waals surface area contributed by atoms with Crippen LogP contribution in [0.15, 0.2) is 18.2 Å². The summed E-state index contributed by atoms with van der Waals surface area (Å²) in [4.78, 5) is 0. The molecule has 0 heterocycles. The molecule has 0 aromatic heterocycles. The third-order valence-electron chi connectivity index (χ3n) is 4.03. The smallest absolute Gasteiger partial charge is 0.138 e. The molecule has 106 valence electrons. The Kier molecular flexibility index (Phi) is 5.53. The highest BCUT2D eigenvalue weighted by Gasteiger charge is 2.22. The summed E-state index contributed by atoms with van der Waals surface area (Å²) in [6, 6.07) is 6.03. The Bertz CT molecular complexity index is 408. The Morgan fingerprint density at radius 3 is 2.89 bits per heavy atom. The van der Waals surface area contributed by atoms with E-state index in [2.05, 4.69) is 13.0 Å². The molecular weight excluding hydrogens is 258 g/mol. The van der Waals surface area contributed by atoms with E-state index in [1.165, 1.54) is 24.8 Å². The predicted octanol–water partition coefficient (Wildman–Crippen LogP) is 4.19. The van der Waals surface area contributed by atoms with Crippen LogP contribution in [0, 0.1) is 5.92 Å². The van der Waals surface area contributed by atoms with Crippen LogP contribution in [0.1, 0.15) is 44.6 Å². The zero-order chi connectivity index (χ0) is 13.7. The summed E-state index contributed by atoms with van der Waals surface area (Å²) in [5.74, 6) is 1.64. The highest BCUT2D eigenvalue weighted by Crippen LogP contribution is 2.32. The van der Waals surface area contributed by atoms with Gasteiger partial charge >= 0.3 is 0 Å². The second-order valence-corrected chi connectivity index (χ2v) is 5.89. The van der Waals surface area contributed by atoms with E-state index < -0.39 is 0 Å². The van der Waals surface area contributed by atoms with Crippen molar-refractivity contribution < 1.29 is 4.74 Å². The largest absolute Gasteiger partial charge is 0.489 e. The first-order valence-electron chi connectivity index (χ1n) is 7.38. The van der Waals surface area contributed by atoms with Crippen LogP contribution in [0.25, 0.3) is 0 Å². The lowest BCUT2D eigenvalue weighted by Gasteiger charge is -2.29. The van der Waals surface area contributed by atoms with Crippen LogP contribution in [-0.4, -0.2) is 12.6 Å². The lowest BCUT2D eigenvalue weighted by molar-refractivity contribution is 0.122. The second kappa shape index (κ2) is 7.16. The topological polar surface area (TPSA) is 35.2 Å². The van der Waals surface area contributed by atoms with E-state index in [9.17, 15) is 0 Å². The van der Waals surface area contributed by atoms with E-state index in [1.54, 1.807) is 0 Å². The van der Waals surface area contributed by atoms with Crippen molar-refractivity contribution in [2.24, 2.45) is 11.7 Å². The molecular formula is C16H24ClNO. The van der Waals surface area contributed by atoms with Crippen molar-refractivity contribution in [1.82, 2.24) is 0 Å². The predicted molar refractivity (Wildman–Crippen MR) is 80.9 cm³/mol. The molecule has 1 aliphatic rings. The maximum atomic E-state index is 6.29. The number of rotatable bonds is 5. The van der Waals surface area contributed by atoms with Crippen molar-refractivity contribution >= 4 is 11.6 Å². The monoisotopic (exact) mass is 281 g/mol. The lowest BCUT2D eigenvalue weighted by atomic mass is 9.85. The summed E-state index contributed by atoms with van der Waals surface area (Å²) in [5.41, 5.74) is 6.73. The van der Waals surface area contributed by atoms with Gasteiger partial charge in [-0.1, -0.05) is 37.4 Å². The summed E-state index contributed by atoms with van der Waals surface area (Å²) < 4.78 is 6.09. The number of ether oxygens (including phenoxy) is 1. The highest BCUT2D eigenvalue weighted by atomic mass is 35.5. The third kappa shape index (κ3) is 4.12. The standard InChI is InChI=1S/C16H24ClNO/c1-2-12-4-3-5-14(10-12)19-16-7-6-13(8-9-18)11-15(16)17/h6-7,11-12,14H,2-5,8-10,18H2,1H3. The summed E-state index contributed by atoms with van der Waals surface area (Å²) in [6.07, 6.45) is 7.38. The Morgan fingerprint density at radius 1 is 1.37 bits per heavy atom. The van der Waals surface area contributed by atoms with Gasteiger partial charge in [-0.3, -0.25) is 0 Å². The highest BCUT2D eigenvalue weighted by molar-refractivity contribution is 6.32. The minimum Gasteiger partial charge on any atom is -0.489 e. The van der Waals surface area contributed by atoms with E-state index in [0.29, 0.717) is 17.7 Å². The molecule has 1 aliphatic carbocycles. The maximum Gasteiger partial charge on any atom is 0.138 e. The van der Waals surface area contributed by atoms with Crippen molar-refractivity contribution in [3.63, 3.8) is 0 Å². The first-order valence-corrected chi connectivity index (χ1v) is 7.75. The Balaban J connectivity index is 1.98. The minimum atomic E-state index is 0.330. The molecule has 1 fully saturated rings. The maximum absolute atomic E-state index is 6.29. The van der Waals surface area contributed by atoms with Gasteiger partial charge in [0.15, 0.2) is 0 Å². The molecule has 2 unspecified atom stereocenters. The zero-order valence-corrected chi connectivity index (χ0v) is 12.5. The number of halogens is 1. The number of nitrogens with two attached hydrogens (primary N) is 1. The molecule has 1 saturated carbocycles. The van der Waals surface area contributed by atoms with Gasteiger partial charge in [0.25, 0.3) is 0 Å². The quantitative estimate of drug-likeness (QED) is 0.878. The van der Waals surface area contributed by atoms with Crippen LogP contribution >= 0.6 is 11.6 Å². The molecule has 0 amide bonds. The lowest BCUT2D eigenvalue weighted by Crippen LogP contribution is -2.25. The Morgan fingerprint density at radius 2 is 2.21 bits per heavy atom. The van der Waals surface area contributed by atoms with Gasteiger partial charge in [0.2, 0.25) is 0 Å². The summed E-state index contributed by atoms with van der Waals surface area (Å²) in [5, 5.41) is 0.713. The van der Waals surface area contributed by atoms with Gasteiger partial charge in [-0.25, -0.2) is 0 Å². The molecule has 3 heteroatoms. The first kappa shape index (κ1) is 14.7. The first-order chi connectivity index (χ1) is 9.22. The minimum absolute atomic E-state index is 0.330. The fraction of sp³-hybridized carbons (Fsp3) is 0.625. The second-order valence-electron chi connectivity index (χ2n) is 5.48. The molecule has 2 nitrogen and oxygen atoms in total. The molecule has 0 bridgehead atoms. The Labute approximate surface area is 121 Å². The molecule has 2 atom stereocenters. The summed E-state index contributed by atoms with van der Waals surface area (Å²) >= 11 is 6.29. The fourth-order valence-corrected chi connectivity index (χ4v) is 3.11. The Hall–Kier alpha value is -0.730. The van der Waals surface area contributed by atoms with E-state index in [-0.39, 0.29) is 0 Å². The van der Waals surface area contributed by atoms with Crippen molar-refractivity contribution in [3.05, 3.63) is 28.8 Å². The van der Waals surface area contributed by atoms with Crippen LogP contribution in [-0.2, 0) is 6.42 Å². The SMILES string of the molecule is CCC1CCCC(Oc2ccc(CCN)cc2Cl)C1. The normalized spacial score (nSPS) is 23.3. The molecule has 0 saturated heterocycles. The molecule has 19 heavy (non-hydrogen) atoms. The van der Waals surface area contributed by atoms with Crippen LogP contribution < -0.4 is 10.5 Å². The molecule has 1 aromatic carbocycles. The van der Waals surface area contributed by atoms with Crippen LogP contribution in [0.4, 0.5) is 0 Å². The number of benzene rings is 1. The van der Waals surface area contributed by atoms with Crippen LogP contribution in [0.2, 0.25) is 5.02 Å². The molecule has 0 aliphatic heterocycles. The van der Waals surface area contributed by atoms with Gasteiger partial charge in [0.05, 0.1) is 11.1 Å². The van der Waals surface area contributed by atoms with Gasteiger partial charge in [0.1, 0.15) is 5.75 Å². The van der Waals surface area contributed by atoms with Gasteiger partial charge in [-0.2, -0.15) is 0 Å². The number of hydrogen-bond donors (Lipinski definition) is 1. The van der Waals surface area contributed by atoms with Gasteiger partial charge in [-0.05, 0) is 55.8 Å². The van der Waals surface area contributed by atoms with E-state index >= 15 is 0 Å². The van der Waals surface area contributed by atoms with E-state index in [1.807, 2.05) is 12.1 Å². The number of hydrogen-bond acceptors (Lipinski definition) is 2. The van der Waals surface area contributed by atoms with Gasteiger partial charge in [0, 0.05) is 0 Å². The molecule has 2 rings (SSSR count). The van der Waals surface area contributed by atoms with E-state index in [0.717, 1.165) is 30.9 Å². The average Bonchev–Trinajstić information content (AvgIpc) is 2.42. The van der Waals surface area contributed by atoms with E-state index in [4.69, 9.17) is 22.1 Å². The van der Waals surface area contributed by atoms with Crippen molar-refractivity contribution in [1.29, 1.82) is 0 Å².